The van der Waals surface area contributed by atoms with Crippen LogP contribution in [0, 0.1) is 0 Å². The summed E-state index contributed by atoms with van der Waals surface area (Å²) >= 11 is 0. The van der Waals surface area contributed by atoms with Crippen LogP contribution in [0.25, 0.3) is 171 Å². The Labute approximate surface area is 495 Å². The molecule has 2 N–H and O–H groups in total. The molecular weight excluding hydrogens is 1060 g/mol. The average molecular weight is 1110 g/mol. The second-order valence-electron chi connectivity index (χ2n) is 22.6. The van der Waals surface area contributed by atoms with Gasteiger partial charge in [-0.05, 0) is 88.3 Å². The van der Waals surface area contributed by atoms with Crippen molar-refractivity contribution in [3.63, 3.8) is 0 Å². The molecule has 10 heteroatoms. The molecule has 9 heterocycles. The first-order valence-corrected chi connectivity index (χ1v) is 29.3. The number of nitrogens with one attached hydrogen (secondary N) is 2. The number of H-pyrrole nitrogens is 2. The molecule has 1 aliphatic carbocycles. The molecule has 9 aromatic carbocycles. The number of pyridine rings is 5. The molecule has 0 radical (unpaired) electrons. The van der Waals surface area contributed by atoms with Crippen molar-refractivity contribution < 1.29 is 0 Å². The standard InChI is InChI=1S/C77H44N10/c1-3-18-44-43(17-1)41-82-62-33-14-26-54(63(44)62)64-67(48-22-13-32-61-56(48)40-42-16-2-7-28-57(42)83-61)76(77-80-36-15-37-81-77)87-75-69(64)68(74-72-53(35-39-79-74)47-21-6-10-31-60(47)86-72)65(55-27-12-24-51-46-20-5-9-30-59(46)85-71(51)55)66-49(34-38-78-73(66)75)52-25-11-23-50-45-19-4-8-29-58(45)84-70(50)52/h1-41,50,85-86H. The molecule has 0 bridgehead atoms. The van der Waals surface area contributed by atoms with E-state index in [0.29, 0.717) is 22.6 Å². The molecule has 0 saturated carbocycles. The number of aromatic amines is 2. The third kappa shape index (κ3) is 6.91. The summed E-state index contributed by atoms with van der Waals surface area (Å²) < 4.78 is 0. The van der Waals surface area contributed by atoms with Crippen molar-refractivity contribution in [2.45, 2.75) is 5.92 Å². The Kier molecular flexibility index (Phi) is 10.0. The Morgan fingerprint density at radius 3 is 1.93 bits per heavy atom. The van der Waals surface area contributed by atoms with Crippen LogP contribution < -0.4 is 0 Å². The molecule has 2 aliphatic rings. The lowest BCUT2D eigenvalue weighted by Crippen LogP contribution is -2.12. The van der Waals surface area contributed by atoms with Gasteiger partial charge >= 0.3 is 0 Å². The van der Waals surface area contributed by atoms with Crippen LogP contribution in [0.1, 0.15) is 17.0 Å². The quantitative estimate of drug-likeness (QED) is 0.125. The number of nitrogens with zero attached hydrogens (tertiary/aromatic N) is 8. The van der Waals surface area contributed by atoms with E-state index in [0.717, 1.165) is 165 Å². The highest BCUT2D eigenvalue weighted by Crippen LogP contribution is 2.56. The van der Waals surface area contributed by atoms with Gasteiger partial charge in [-0.3, -0.25) is 19.9 Å². The van der Waals surface area contributed by atoms with Gasteiger partial charge in [0.1, 0.15) is 5.69 Å². The van der Waals surface area contributed by atoms with Crippen molar-refractivity contribution in [3.8, 4) is 56.2 Å². The first-order valence-electron chi connectivity index (χ1n) is 29.3. The van der Waals surface area contributed by atoms with Gasteiger partial charge in [-0.25, -0.2) is 19.9 Å². The van der Waals surface area contributed by atoms with E-state index >= 15 is 0 Å². The zero-order valence-corrected chi connectivity index (χ0v) is 46.3. The van der Waals surface area contributed by atoms with Crippen LogP contribution in [-0.2, 0) is 0 Å². The maximum absolute atomic E-state index is 6.14. The number of aliphatic imine (C=N–C) groups is 1. The Balaban J connectivity index is 1.12. The average Bonchev–Trinajstić information content (AvgIpc) is 1.10. The minimum atomic E-state index is -0.0529. The number of para-hydroxylation sites is 5. The van der Waals surface area contributed by atoms with E-state index in [1.54, 1.807) is 12.4 Å². The van der Waals surface area contributed by atoms with Gasteiger partial charge in [0, 0.05) is 135 Å². The lowest BCUT2D eigenvalue weighted by atomic mass is 9.78. The first kappa shape index (κ1) is 47.6. The molecule has 0 amide bonds. The van der Waals surface area contributed by atoms with Gasteiger partial charge in [0.2, 0.25) is 0 Å². The summed E-state index contributed by atoms with van der Waals surface area (Å²) in [5, 5.41) is 11.1. The van der Waals surface area contributed by atoms with Gasteiger partial charge in [-0.2, -0.15) is 0 Å². The second kappa shape index (κ2) is 18.3. The number of fused-ring (bicyclic) bond motifs is 17. The number of rotatable bonds is 6. The van der Waals surface area contributed by atoms with E-state index in [4.69, 9.17) is 39.9 Å². The summed E-state index contributed by atoms with van der Waals surface area (Å²) in [7, 11) is 0. The summed E-state index contributed by atoms with van der Waals surface area (Å²) in [5.41, 5.74) is 20.6. The maximum Gasteiger partial charge on any atom is 0.178 e. The molecule has 0 spiro atoms. The topological polar surface area (TPSA) is 134 Å². The molecule has 0 fully saturated rings. The molecule has 87 heavy (non-hydrogen) atoms. The maximum atomic E-state index is 6.14. The fourth-order valence-electron chi connectivity index (χ4n) is 14.4. The summed E-state index contributed by atoms with van der Waals surface area (Å²) in [6.45, 7) is 0. The predicted molar refractivity (Wildman–Crippen MR) is 355 cm³/mol. The fourth-order valence-corrected chi connectivity index (χ4v) is 14.4. The van der Waals surface area contributed by atoms with Gasteiger partial charge in [0.15, 0.2) is 5.82 Å². The molecule has 402 valence electrons. The highest BCUT2D eigenvalue weighted by molar-refractivity contribution is 6.37. The predicted octanol–water partition coefficient (Wildman–Crippen LogP) is 18.8. The van der Waals surface area contributed by atoms with Crippen molar-refractivity contribution >= 4 is 126 Å². The lowest BCUT2D eigenvalue weighted by molar-refractivity contribution is 1.15. The van der Waals surface area contributed by atoms with Crippen LogP contribution in [-0.4, -0.2) is 50.6 Å². The third-order valence-corrected chi connectivity index (χ3v) is 18.0. The zero-order valence-electron chi connectivity index (χ0n) is 46.3. The molecule has 10 nitrogen and oxygen atoms in total. The van der Waals surface area contributed by atoms with Gasteiger partial charge in [0.25, 0.3) is 0 Å². The van der Waals surface area contributed by atoms with Gasteiger partial charge in [-0.1, -0.05) is 158 Å². The van der Waals surface area contributed by atoms with E-state index in [9.17, 15) is 0 Å². The van der Waals surface area contributed by atoms with Crippen molar-refractivity contribution in [1.29, 1.82) is 0 Å². The van der Waals surface area contributed by atoms with E-state index in [2.05, 4.69) is 216 Å². The lowest BCUT2D eigenvalue weighted by Gasteiger charge is -2.26. The smallest absolute Gasteiger partial charge is 0.178 e. The number of aromatic nitrogens is 9. The molecule has 17 aromatic rings. The summed E-state index contributed by atoms with van der Waals surface area (Å²) in [6.07, 6.45) is 16.2. The van der Waals surface area contributed by atoms with Crippen molar-refractivity contribution in [1.82, 2.24) is 44.9 Å². The molecule has 1 atom stereocenters. The van der Waals surface area contributed by atoms with E-state index < -0.39 is 0 Å². The minimum absolute atomic E-state index is 0.0529. The Bertz CT molecular complexity index is 5970. The van der Waals surface area contributed by atoms with E-state index in [1.165, 1.54) is 5.56 Å². The van der Waals surface area contributed by atoms with Crippen molar-refractivity contribution in [2.75, 3.05) is 0 Å². The Morgan fingerprint density at radius 2 is 1.06 bits per heavy atom. The van der Waals surface area contributed by atoms with Crippen LogP contribution in [0.4, 0.5) is 5.69 Å². The Morgan fingerprint density at radius 1 is 0.379 bits per heavy atom. The summed E-state index contributed by atoms with van der Waals surface area (Å²) in [5.74, 6) is 0.405. The van der Waals surface area contributed by atoms with Gasteiger partial charge in [0.05, 0.1) is 55.7 Å². The van der Waals surface area contributed by atoms with Crippen LogP contribution in [0.5, 0.6) is 0 Å². The molecule has 1 aliphatic heterocycles. The highest BCUT2D eigenvalue weighted by atomic mass is 14.9. The van der Waals surface area contributed by atoms with E-state index in [1.807, 2.05) is 30.7 Å². The van der Waals surface area contributed by atoms with Crippen LogP contribution in [0.2, 0.25) is 0 Å². The zero-order chi connectivity index (χ0) is 56.8. The van der Waals surface area contributed by atoms with Crippen molar-refractivity contribution in [2.24, 2.45) is 4.99 Å². The molecule has 0 saturated heterocycles. The monoisotopic (exact) mass is 1110 g/mol. The van der Waals surface area contributed by atoms with Crippen molar-refractivity contribution in [3.05, 3.63) is 261 Å². The second-order valence-corrected chi connectivity index (χ2v) is 22.6. The summed E-state index contributed by atoms with van der Waals surface area (Å²) in [6, 6.07) is 70.5. The number of hydrogen-bond acceptors (Lipinski definition) is 8. The number of hydrogen-bond donors (Lipinski definition) is 2. The summed E-state index contributed by atoms with van der Waals surface area (Å²) in [4.78, 5) is 51.8. The molecule has 1 unspecified atom stereocenters. The van der Waals surface area contributed by atoms with Crippen LogP contribution >= 0.6 is 0 Å². The molecule has 8 aromatic heterocycles. The van der Waals surface area contributed by atoms with Crippen LogP contribution in [0.3, 0.4) is 0 Å². The third-order valence-electron chi connectivity index (χ3n) is 18.0. The molecule has 19 rings (SSSR count). The van der Waals surface area contributed by atoms with E-state index in [-0.39, 0.29) is 5.92 Å². The van der Waals surface area contributed by atoms with Gasteiger partial charge < -0.3 is 9.97 Å². The largest absolute Gasteiger partial charge is 0.354 e. The number of benzene rings is 9. The highest BCUT2D eigenvalue weighted by Gasteiger charge is 2.36. The van der Waals surface area contributed by atoms with Crippen LogP contribution in [0.15, 0.2) is 254 Å². The Hall–Kier alpha value is -11.9. The normalized spacial score (nSPS) is 14.0. The SMILES string of the molecule is C1=CC2C(=Nc3ccccc32)C(c2ccnc3c2c(-c2cccc4c2[nH]c2ccccc24)c(-c2nccc4c2[nH]c2ccccc24)c2c(-c4cccc5ncc6ccccc6c45)c(-c4cccc5nc6ccccc6cc45)c(-c4ncccn4)nc23)=C1. The fraction of sp³-hybridized carbons (Fsp3) is 0.0130. The molecular formula is C77H44N10. The van der Waals surface area contributed by atoms with Gasteiger partial charge in [-0.15, -0.1) is 0 Å². The first-order chi connectivity index (χ1) is 43.2. The minimum Gasteiger partial charge on any atom is -0.354 e. The number of allylic oxidation sites excluding steroid dienone is 4.